The van der Waals surface area contributed by atoms with Crippen LogP contribution in [0.15, 0.2) is 0 Å². The number of carbonyl (C=O) groups is 1. The first-order valence-corrected chi connectivity index (χ1v) is 10.1. The average molecular weight is 328 g/mol. The molecular weight excluding hydrogens is 286 g/mol. The van der Waals surface area contributed by atoms with E-state index in [0.29, 0.717) is 12.8 Å². The van der Waals surface area contributed by atoms with E-state index in [9.17, 15) is 9.90 Å². The molecule has 0 rings (SSSR count). The lowest BCUT2D eigenvalue weighted by Gasteiger charge is -2.22. The summed E-state index contributed by atoms with van der Waals surface area (Å²) in [5, 5.41) is 10.0. The standard InChI is InChI=1S/C20H41NO2/c1-3-5-6-7-8-9-10-11-12-13-14-15-16-17-18-20(23,4-2)19(21)22/h23H,3-18H2,1-2H3,(H2,21,22). The Hall–Kier alpha value is -0.570. The van der Waals surface area contributed by atoms with Gasteiger partial charge in [0, 0.05) is 0 Å². The molecule has 3 N–H and O–H groups in total. The molecule has 1 unspecified atom stereocenters. The predicted octanol–water partition coefficient (Wildman–Crippen LogP) is 5.48. The van der Waals surface area contributed by atoms with Crippen LogP contribution in [0.25, 0.3) is 0 Å². The summed E-state index contributed by atoms with van der Waals surface area (Å²) in [6.45, 7) is 4.08. The number of carbonyl (C=O) groups excluding carboxylic acids is 1. The van der Waals surface area contributed by atoms with Crippen molar-refractivity contribution in [2.45, 2.75) is 122 Å². The lowest BCUT2D eigenvalue weighted by atomic mass is 9.92. The highest BCUT2D eigenvalue weighted by molar-refractivity contribution is 5.82. The van der Waals surface area contributed by atoms with Gasteiger partial charge in [0.2, 0.25) is 5.91 Å². The number of rotatable bonds is 17. The Balaban J connectivity index is 3.26. The molecular formula is C20H41NO2. The monoisotopic (exact) mass is 327 g/mol. The molecule has 0 aromatic carbocycles. The lowest BCUT2D eigenvalue weighted by Crippen LogP contribution is -2.43. The summed E-state index contributed by atoms with van der Waals surface area (Å²) in [4.78, 5) is 11.2. The minimum absolute atomic E-state index is 0.417. The minimum Gasteiger partial charge on any atom is -0.380 e. The molecule has 1 atom stereocenters. The molecule has 0 bridgehead atoms. The third-order valence-electron chi connectivity index (χ3n) is 4.99. The van der Waals surface area contributed by atoms with Crippen LogP contribution in [0.3, 0.4) is 0 Å². The SMILES string of the molecule is CCCCCCCCCCCCCCCCC(O)(CC)C(N)=O. The van der Waals surface area contributed by atoms with Crippen molar-refractivity contribution in [2.75, 3.05) is 0 Å². The fourth-order valence-corrected chi connectivity index (χ4v) is 3.09. The molecule has 0 aliphatic carbocycles. The van der Waals surface area contributed by atoms with Gasteiger partial charge >= 0.3 is 0 Å². The summed E-state index contributed by atoms with van der Waals surface area (Å²) in [6, 6.07) is 0. The van der Waals surface area contributed by atoms with Crippen LogP contribution in [0.2, 0.25) is 0 Å². The number of amides is 1. The van der Waals surface area contributed by atoms with E-state index in [1.165, 1.54) is 77.0 Å². The molecule has 3 nitrogen and oxygen atoms in total. The molecule has 0 fully saturated rings. The first-order chi connectivity index (χ1) is 11.1. The van der Waals surface area contributed by atoms with E-state index in [0.717, 1.165) is 12.8 Å². The number of nitrogens with two attached hydrogens (primary N) is 1. The number of primary amides is 1. The van der Waals surface area contributed by atoms with Crippen LogP contribution < -0.4 is 5.73 Å². The van der Waals surface area contributed by atoms with E-state index in [4.69, 9.17) is 5.73 Å². The van der Waals surface area contributed by atoms with Gasteiger partial charge < -0.3 is 10.8 Å². The Morgan fingerprint density at radius 2 is 1.09 bits per heavy atom. The molecule has 0 aromatic rings. The zero-order valence-corrected chi connectivity index (χ0v) is 15.7. The Bertz CT molecular complexity index is 281. The van der Waals surface area contributed by atoms with Crippen LogP contribution >= 0.6 is 0 Å². The van der Waals surface area contributed by atoms with Crippen molar-refractivity contribution in [2.24, 2.45) is 5.73 Å². The normalized spacial score (nSPS) is 13.9. The fraction of sp³-hybridized carbons (Fsp3) is 0.950. The zero-order chi connectivity index (χ0) is 17.4. The molecule has 3 heteroatoms. The summed E-state index contributed by atoms with van der Waals surface area (Å²) >= 11 is 0. The molecule has 0 aliphatic rings. The maximum Gasteiger partial charge on any atom is 0.249 e. The van der Waals surface area contributed by atoms with Gasteiger partial charge in [-0.3, -0.25) is 4.79 Å². The highest BCUT2D eigenvalue weighted by Crippen LogP contribution is 2.19. The van der Waals surface area contributed by atoms with Gasteiger partial charge in [-0.15, -0.1) is 0 Å². The van der Waals surface area contributed by atoms with Crippen LogP contribution in [0.1, 0.15) is 117 Å². The summed E-state index contributed by atoms with van der Waals surface area (Å²) < 4.78 is 0. The maximum atomic E-state index is 11.2. The molecule has 0 radical (unpaired) electrons. The topological polar surface area (TPSA) is 63.3 Å². The highest BCUT2D eigenvalue weighted by Gasteiger charge is 2.30. The van der Waals surface area contributed by atoms with Crippen molar-refractivity contribution in [3.8, 4) is 0 Å². The molecule has 138 valence electrons. The summed E-state index contributed by atoms with van der Waals surface area (Å²) in [5.41, 5.74) is 3.97. The smallest absolute Gasteiger partial charge is 0.249 e. The molecule has 0 aromatic heterocycles. The Morgan fingerprint density at radius 3 is 1.39 bits per heavy atom. The molecule has 0 spiro atoms. The van der Waals surface area contributed by atoms with E-state index in [-0.39, 0.29) is 0 Å². The highest BCUT2D eigenvalue weighted by atomic mass is 16.3. The number of hydrogen-bond acceptors (Lipinski definition) is 2. The van der Waals surface area contributed by atoms with Gasteiger partial charge in [0.25, 0.3) is 0 Å². The molecule has 0 saturated carbocycles. The van der Waals surface area contributed by atoms with Crippen LogP contribution in [0.4, 0.5) is 0 Å². The quantitative estimate of drug-likeness (QED) is 0.347. The molecule has 1 amide bonds. The minimum atomic E-state index is -1.28. The van der Waals surface area contributed by atoms with Gasteiger partial charge in [-0.25, -0.2) is 0 Å². The number of unbranched alkanes of at least 4 members (excludes halogenated alkanes) is 13. The lowest BCUT2D eigenvalue weighted by molar-refractivity contribution is -0.137. The zero-order valence-electron chi connectivity index (χ0n) is 15.7. The van der Waals surface area contributed by atoms with Crippen molar-refractivity contribution in [1.82, 2.24) is 0 Å². The van der Waals surface area contributed by atoms with E-state index < -0.39 is 11.5 Å². The van der Waals surface area contributed by atoms with Gasteiger partial charge in [-0.05, 0) is 12.8 Å². The molecule has 0 saturated heterocycles. The van der Waals surface area contributed by atoms with Crippen molar-refractivity contribution >= 4 is 5.91 Å². The van der Waals surface area contributed by atoms with E-state index in [1.807, 2.05) is 6.92 Å². The molecule has 0 aliphatic heterocycles. The van der Waals surface area contributed by atoms with Crippen LogP contribution in [-0.4, -0.2) is 16.6 Å². The third-order valence-corrected chi connectivity index (χ3v) is 4.99. The van der Waals surface area contributed by atoms with Crippen molar-refractivity contribution in [3.05, 3.63) is 0 Å². The fourth-order valence-electron chi connectivity index (χ4n) is 3.09. The van der Waals surface area contributed by atoms with Gasteiger partial charge in [0.05, 0.1) is 0 Å². The van der Waals surface area contributed by atoms with Crippen molar-refractivity contribution < 1.29 is 9.90 Å². The summed E-state index contributed by atoms with van der Waals surface area (Å²) in [6.07, 6.45) is 19.2. The Kier molecular flexibility index (Phi) is 14.6. The largest absolute Gasteiger partial charge is 0.380 e. The second-order valence-corrected chi connectivity index (χ2v) is 7.10. The first kappa shape index (κ1) is 22.4. The van der Waals surface area contributed by atoms with Crippen molar-refractivity contribution in [3.63, 3.8) is 0 Å². The van der Waals surface area contributed by atoms with E-state index in [2.05, 4.69) is 6.92 Å². The number of hydrogen-bond donors (Lipinski definition) is 2. The second-order valence-electron chi connectivity index (χ2n) is 7.10. The second kappa shape index (κ2) is 15.0. The van der Waals surface area contributed by atoms with Gasteiger partial charge in [0.15, 0.2) is 0 Å². The van der Waals surface area contributed by atoms with E-state index in [1.54, 1.807) is 0 Å². The van der Waals surface area contributed by atoms with Gasteiger partial charge in [0.1, 0.15) is 5.60 Å². The average Bonchev–Trinajstić information content (AvgIpc) is 2.54. The molecule has 23 heavy (non-hydrogen) atoms. The maximum absolute atomic E-state index is 11.2. The third kappa shape index (κ3) is 12.5. The van der Waals surface area contributed by atoms with Crippen LogP contribution in [0, 0.1) is 0 Å². The Morgan fingerprint density at radius 1 is 0.739 bits per heavy atom. The van der Waals surface area contributed by atoms with Gasteiger partial charge in [-0.2, -0.15) is 0 Å². The van der Waals surface area contributed by atoms with Crippen LogP contribution in [0.5, 0.6) is 0 Å². The van der Waals surface area contributed by atoms with Crippen molar-refractivity contribution in [1.29, 1.82) is 0 Å². The van der Waals surface area contributed by atoms with Gasteiger partial charge in [-0.1, -0.05) is 104 Å². The van der Waals surface area contributed by atoms with E-state index >= 15 is 0 Å². The first-order valence-electron chi connectivity index (χ1n) is 10.1. The number of aliphatic hydroxyl groups is 1. The summed E-state index contributed by atoms with van der Waals surface area (Å²) in [7, 11) is 0. The van der Waals surface area contributed by atoms with Crippen LogP contribution in [-0.2, 0) is 4.79 Å². The predicted molar refractivity (Wildman–Crippen MR) is 99.4 cm³/mol. The molecule has 0 heterocycles. The summed E-state index contributed by atoms with van der Waals surface area (Å²) in [5.74, 6) is -0.574. The Labute approximate surface area is 144 Å².